The molecule has 3 heterocycles. The molecule has 1 aromatic carbocycles. The van der Waals surface area contributed by atoms with E-state index < -0.39 is 0 Å². The number of fused-ring (bicyclic) bond motifs is 4. The number of aromatic amines is 1. The first kappa shape index (κ1) is 20.1. The number of thiophene rings is 1. The molecule has 162 valence electrons. The first-order valence-corrected chi connectivity index (χ1v) is 11.1. The van der Waals surface area contributed by atoms with Gasteiger partial charge in [-0.2, -0.15) is 10.1 Å². The van der Waals surface area contributed by atoms with E-state index in [1.807, 2.05) is 18.2 Å². The van der Waals surface area contributed by atoms with Gasteiger partial charge in [-0.15, -0.1) is 11.3 Å². The maximum Gasteiger partial charge on any atom is 0.251 e. The fourth-order valence-electron chi connectivity index (χ4n) is 4.00. The summed E-state index contributed by atoms with van der Waals surface area (Å²) in [6.45, 7) is 0. The minimum absolute atomic E-state index is 0.176. The lowest BCUT2D eigenvalue weighted by Crippen LogP contribution is -2.23. The van der Waals surface area contributed by atoms with Crippen LogP contribution in [0.2, 0.25) is 0 Å². The average molecular weight is 447 g/mol. The number of amidine groups is 1. The minimum Gasteiger partial charge on any atom is -0.394 e. The monoisotopic (exact) mass is 446 g/mol. The van der Waals surface area contributed by atoms with Gasteiger partial charge in [0.15, 0.2) is 0 Å². The summed E-state index contributed by atoms with van der Waals surface area (Å²) < 4.78 is 0. The molecule has 4 aromatic rings. The van der Waals surface area contributed by atoms with Crippen LogP contribution in [0, 0.1) is 5.92 Å². The van der Waals surface area contributed by atoms with Crippen LogP contribution in [-0.2, 0) is 17.6 Å². The number of carbonyl (C=O) groups excluding carboxylic acids is 1. The molecule has 0 saturated carbocycles. The summed E-state index contributed by atoms with van der Waals surface area (Å²) in [5.74, 6) is 0.632. The molecule has 5 N–H and O–H groups in total. The normalized spacial score (nSPS) is 16.5. The summed E-state index contributed by atoms with van der Waals surface area (Å²) in [4.78, 5) is 27.8. The number of carbonyl (C=O) groups is 1. The molecule has 9 nitrogen and oxygen atoms in total. The zero-order chi connectivity index (χ0) is 22.1. The van der Waals surface area contributed by atoms with Crippen LogP contribution in [-0.4, -0.2) is 39.0 Å². The Labute approximate surface area is 187 Å². The van der Waals surface area contributed by atoms with Crippen LogP contribution < -0.4 is 16.4 Å². The summed E-state index contributed by atoms with van der Waals surface area (Å²) in [6.07, 6.45) is 8.74. The Kier molecular flexibility index (Phi) is 5.28. The molecule has 1 atom stereocenters. The van der Waals surface area contributed by atoms with E-state index in [1.165, 1.54) is 5.56 Å². The first-order valence-electron chi connectivity index (χ1n) is 10.3. The zero-order valence-electron chi connectivity index (χ0n) is 17.4. The van der Waals surface area contributed by atoms with Crippen LogP contribution in [0.25, 0.3) is 21.1 Å². The Balaban J connectivity index is 1.42. The van der Waals surface area contributed by atoms with Crippen molar-refractivity contribution in [2.45, 2.75) is 19.3 Å². The van der Waals surface area contributed by atoms with Gasteiger partial charge in [0.1, 0.15) is 22.8 Å². The number of nitrogens with two attached hydrogens (primary N) is 1. The number of rotatable bonds is 5. The highest BCUT2D eigenvalue weighted by molar-refractivity contribution is 7.19. The van der Waals surface area contributed by atoms with Crippen molar-refractivity contribution in [3.8, 4) is 0 Å². The van der Waals surface area contributed by atoms with Crippen LogP contribution in [0.4, 0.5) is 11.5 Å². The largest absolute Gasteiger partial charge is 0.394 e. The number of hydrogen-bond acceptors (Lipinski definition) is 7. The van der Waals surface area contributed by atoms with E-state index in [0.29, 0.717) is 6.42 Å². The molecule has 10 heteroatoms. The molecule has 0 radical (unpaired) electrons. The number of anilines is 2. The third-order valence-corrected chi connectivity index (χ3v) is 6.72. The summed E-state index contributed by atoms with van der Waals surface area (Å²) in [6, 6.07) is 6.01. The van der Waals surface area contributed by atoms with Crippen molar-refractivity contribution in [2.75, 3.05) is 12.4 Å². The molecule has 0 spiro atoms. The number of aromatic nitrogens is 4. The molecule has 0 fully saturated rings. The number of nitrogens with zero attached hydrogens (tertiary/aromatic N) is 4. The van der Waals surface area contributed by atoms with E-state index >= 15 is 0 Å². The van der Waals surface area contributed by atoms with Crippen molar-refractivity contribution in [3.05, 3.63) is 53.4 Å². The number of H-pyrrole nitrogens is 1. The summed E-state index contributed by atoms with van der Waals surface area (Å²) in [7, 11) is 1.76. The summed E-state index contributed by atoms with van der Waals surface area (Å²) in [5, 5.41) is 15.4. The smallest absolute Gasteiger partial charge is 0.251 e. The molecular formula is C22H22N8OS. The van der Waals surface area contributed by atoms with E-state index in [0.717, 1.165) is 50.3 Å². The molecule has 5 rings (SSSR count). The third-order valence-electron chi connectivity index (χ3n) is 5.56. The fraction of sp³-hybridized carbons (Fsp3) is 0.227. The van der Waals surface area contributed by atoms with Gasteiger partial charge in [-0.3, -0.25) is 9.89 Å². The van der Waals surface area contributed by atoms with E-state index in [2.05, 4.69) is 35.8 Å². The molecule has 1 aliphatic carbocycles. The SMILES string of the molecule is CN/C=C\C(N)=NC(=O)C1CCc2c(sc3ncnc(Nc4ccc5[nH]ncc5c4)c23)C1. The standard InChI is InChI=1S/C22H22N8OS/c1-24-7-6-18(23)29-21(31)12-2-4-15-17(9-12)32-22-19(15)20(25-11-26-22)28-14-3-5-16-13(8-14)10-27-30-16/h3,5-8,10-12,24H,2,4,9H2,1H3,(H,27,30)(H2,23,29,31)(H,25,26,28)/b7-6-. The van der Waals surface area contributed by atoms with Crippen molar-refractivity contribution >= 4 is 55.7 Å². The second-order valence-corrected chi connectivity index (χ2v) is 8.72. The number of hydrogen-bond donors (Lipinski definition) is 4. The van der Waals surface area contributed by atoms with Crippen molar-refractivity contribution in [2.24, 2.45) is 16.6 Å². The predicted octanol–water partition coefficient (Wildman–Crippen LogP) is 3.03. The van der Waals surface area contributed by atoms with Crippen LogP contribution in [0.3, 0.4) is 0 Å². The van der Waals surface area contributed by atoms with Gasteiger partial charge >= 0.3 is 0 Å². The predicted molar refractivity (Wildman–Crippen MR) is 127 cm³/mol. The van der Waals surface area contributed by atoms with Gasteiger partial charge < -0.3 is 16.4 Å². The first-order chi connectivity index (χ1) is 15.6. The number of benzene rings is 1. The maximum absolute atomic E-state index is 12.6. The molecule has 1 amide bonds. The van der Waals surface area contributed by atoms with E-state index in [4.69, 9.17) is 5.73 Å². The zero-order valence-corrected chi connectivity index (χ0v) is 18.2. The Morgan fingerprint density at radius 1 is 1.38 bits per heavy atom. The second-order valence-electron chi connectivity index (χ2n) is 7.64. The third kappa shape index (κ3) is 3.80. The van der Waals surface area contributed by atoms with Crippen LogP contribution in [0.5, 0.6) is 0 Å². The van der Waals surface area contributed by atoms with Crippen LogP contribution in [0.1, 0.15) is 16.9 Å². The summed E-state index contributed by atoms with van der Waals surface area (Å²) in [5.41, 5.74) is 8.95. The van der Waals surface area contributed by atoms with Gasteiger partial charge in [-0.25, -0.2) is 9.97 Å². The van der Waals surface area contributed by atoms with Gasteiger partial charge in [-0.05, 0) is 55.3 Å². The molecule has 3 aromatic heterocycles. The van der Waals surface area contributed by atoms with E-state index in [1.54, 1.807) is 43.2 Å². The number of nitrogens with one attached hydrogen (secondary N) is 3. The van der Waals surface area contributed by atoms with Crippen molar-refractivity contribution in [1.29, 1.82) is 0 Å². The molecular weight excluding hydrogens is 424 g/mol. The highest BCUT2D eigenvalue weighted by atomic mass is 32.1. The van der Waals surface area contributed by atoms with Crippen molar-refractivity contribution in [3.63, 3.8) is 0 Å². The fourth-order valence-corrected chi connectivity index (χ4v) is 5.26. The number of amides is 1. The van der Waals surface area contributed by atoms with E-state index in [-0.39, 0.29) is 17.7 Å². The lowest BCUT2D eigenvalue weighted by Gasteiger charge is -2.19. The average Bonchev–Trinajstić information content (AvgIpc) is 3.41. The molecule has 0 aliphatic heterocycles. The minimum atomic E-state index is -0.177. The molecule has 1 unspecified atom stereocenters. The second kappa shape index (κ2) is 8.39. The van der Waals surface area contributed by atoms with Crippen LogP contribution >= 0.6 is 11.3 Å². The van der Waals surface area contributed by atoms with Crippen molar-refractivity contribution < 1.29 is 4.79 Å². The van der Waals surface area contributed by atoms with E-state index in [9.17, 15) is 4.79 Å². The number of aryl methyl sites for hydroxylation is 1. The van der Waals surface area contributed by atoms with Gasteiger partial charge in [0, 0.05) is 28.9 Å². The van der Waals surface area contributed by atoms with Crippen molar-refractivity contribution in [1.82, 2.24) is 25.5 Å². The molecule has 0 saturated heterocycles. The quantitative estimate of drug-likeness (QED) is 0.273. The molecule has 32 heavy (non-hydrogen) atoms. The maximum atomic E-state index is 12.6. The molecule has 1 aliphatic rings. The lowest BCUT2D eigenvalue weighted by molar-refractivity contribution is -0.121. The Bertz CT molecular complexity index is 1370. The Morgan fingerprint density at radius 3 is 3.16 bits per heavy atom. The molecule has 0 bridgehead atoms. The van der Waals surface area contributed by atoms with Crippen LogP contribution in [0.15, 0.2) is 48.0 Å². The van der Waals surface area contributed by atoms with Gasteiger partial charge in [0.25, 0.3) is 5.91 Å². The van der Waals surface area contributed by atoms with Gasteiger partial charge in [0.05, 0.1) is 17.1 Å². The topological polar surface area (TPSA) is 134 Å². The van der Waals surface area contributed by atoms with Gasteiger partial charge in [0.2, 0.25) is 0 Å². The van der Waals surface area contributed by atoms with Gasteiger partial charge in [-0.1, -0.05) is 0 Å². The number of aliphatic imine (C=N–C) groups is 1. The Hall–Kier alpha value is -3.79. The summed E-state index contributed by atoms with van der Waals surface area (Å²) >= 11 is 1.62. The Morgan fingerprint density at radius 2 is 2.28 bits per heavy atom. The lowest BCUT2D eigenvalue weighted by atomic mass is 9.87. The highest BCUT2D eigenvalue weighted by Crippen LogP contribution is 2.40. The highest BCUT2D eigenvalue weighted by Gasteiger charge is 2.29.